The van der Waals surface area contributed by atoms with E-state index in [1.807, 2.05) is 26.0 Å². The van der Waals surface area contributed by atoms with Gasteiger partial charge in [-0.3, -0.25) is 0 Å². The molecule has 2 aromatic carbocycles. The van der Waals surface area contributed by atoms with E-state index in [1.165, 1.54) is 12.1 Å². The monoisotopic (exact) mass is 260 g/mol. The third kappa shape index (κ3) is 3.12. The lowest BCUT2D eigenvalue weighted by Gasteiger charge is -2.15. The maximum Gasteiger partial charge on any atom is 0.128 e. The van der Waals surface area contributed by atoms with Crippen molar-refractivity contribution < 1.29 is 14.2 Å². The van der Waals surface area contributed by atoms with Crippen LogP contribution >= 0.6 is 0 Å². The molecule has 0 amide bonds. The summed E-state index contributed by atoms with van der Waals surface area (Å²) in [6, 6.07) is 10.0. The first kappa shape index (κ1) is 13.6. The molecule has 0 bridgehead atoms. The fraction of sp³-hybridized carbons (Fsp3) is 0.250. The fourth-order valence-corrected chi connectivity index (χ4v) is 1.91. The van der Waals surface area contributed by atoms with Crippen LogP contribution < -0.4 is 4.74 Å². The van der Waals surface area contributed by atoms with Gasteiger partial charge in [0.2, 0.25) is 0 Å². The molecule has 2 rings (SSSR count). The van der Waals surface area contributed by atoms with E-state index in [2.05, 4.69) is 0 Å². The summed E-state index contributed by atoms with van der Waals surface area (Å²) >= 11 is 0. The van der Waals surface area contributed by atoms with E-state index in [0.29, 0.717) is 12.4 Å². The van der Waals surface area contributed by atoms with Gasteiger partial charge in [-0.15, -0.1) is 0 Å². The minimum atomic E-state index is -0.258. The zero-order valence-electron chi connectivity index (χ0n) is 11.1. The summed E-state index contributed by atoms with van der Waals surface area (Å²) in [6.45, 7) is 4.27. The lowest BCUT2D eigenvalue weighted by Crippen LogP contribution is -2.02. The number of ether oxygens (including phenoxy) is 1. The van der Waals surface area contributed by atoms with Crippen LogP contribution in [0.5, 0.6) is 5.75 Å². The van der Waals surface area contributed by atoms with E-state index < -0.39 is 0 Å². The van der Waals surface area contributed by atoms with Crippen molar-refractivity contribution in [3.8, 4) is 5.75 Å². The number of hydrogen-bond donors (Lipinski definition) is 1. The van der Waals surface area contributed by atoms with Crippen LogP contribution in [0.1, 0.15) is 22.3 Å². The van der Waals surface area contributed by atoms with E-state index in [0.717, 1.165) is 22.3 Å². The standard InChI is InChI=1S/C16H17FO2/c1-11-3-6-14(9-18)16(12(11)2)19-10-13-4-7-15(17)8-5-13/h3-8,18H,9-10H2,1-2H3. The van der Waals surface area contributed by atoms with E-state index in [1.54, 1.807) is 12.1 Å². The van der Waals surface area contributed by atoms with Gasteiger partial charge >= 0.3 is 0 Å². The number of aliphatic hydroxyl groups excluding tert-OH is 1. The second-order valence-corrected chi connectivity index (χ2v) is 4.57. The maximum atomic E-state index is 12.8. The van der Waals surface area contributed by atoms with Gasteiger partial charge in [0.25, 0.3) is 0 Å². The molecule has 3 heteroatoms. The average molecular weight is 260 g/mol. The van der Waals surface area contributed by atoms with Gasteiger partial charge in [-0.25, -0.2) is 4.39 Å². The lowest BCUT2D eigenvalue weighted by molar-refractivity contribution is 0.258. The lowest BCUT2D eigenvalue weighted by atomic mass is 10.0. The number of halogens is 1. The normalized spacial score (nSPS) is 10.5. The molecule has 0 aromatic heterocycles. The molecule has 0 fully saturated rings. The van der Waals surface area contributed by atoms with Crippen LogP contribution in [0.15, 0.2) is 36.4 Å². The zero-order chi connectivity index (χ0) is 13.8. The van der Waals surface area contributed by atoms with Crippen molar-refractivity contribution in [1.29, 1.82) is 0 Å². The number of rotatable bonds is 4. The molecule has 100 valence electrons. The second kappa shape index (κ2) is 5.85. The number of benzene rings is 2. The van der Waals surface area contributed by atoms with Crippen molar-refractivity contribution in [2.45, 2.75) is 27.1 Å². The van der Waals surface area contributed by atoms with Crippen molar-refractivity contribution in [2.24, 2.45) is 0 Å². The van der Waals surface area contributed by atoms with Gasteiger partial charge in [-0.2, -0.15) is 0 Å². The summed E-state index contributed by atoms with van der Waals surface area (Å²) < 4.78 is 18.6. The minimum Gasteiger partial charge on any atom is -0.488 e. The first-order valence-electron chi connectivity index (χ1n) is 6.19. The maximum absolute atomic E-state index is 12.8. The predicted molar refractivity (Wildman–Crippen MR) is 72.6 cm³/mol. The summed E-state index contributed by atoms with van der Waals surface area (Å²) in [5.41, 5.74) is 3.80. The molecule has 0 aliphatic rings. The molecule has 0 radical (unpaired) electrons. The highest BCUT2D eigenvalue weighted by atomic mass is 19.1. The van der Waals surface area contributed by atoms with Crippen LogP contribution in [0.25, 0.3) is 0 Å². The van der Waals surface area contributed by atoms with Gasteiger partial charge in [-0.1, -0.05) is 24.3 Å². The van der Waals surface area contributed by atoms with Crippen LogP contribution in [0, 0.1) is 19.7 Å². The molecule has 0 saturated heterocycles. The first-order valence-corrected chi connectivity index (χ1v) is 6.19. The highest BCUT2D eigenvalue weighted by Gasteiger charge is 2.09. The molecule has 0 spiro atoms. The molecular weight excluding hydrogens is 243 g/mol. The minimum absolute atomic E-state index is 0.0557. The van der Waals surface area contributed by atoms with Gasteiger partial charge in [0.1, 0.15) is 18.2 Å². The van der Waals surface area contributed by atoms with Crippen LogP contribution in [0.4, 0.5) is 4.39 Å². The van der Waals surface area contributed by atoms with Crippen LogP contribution in [0.2, 0.25) is 0 Å². The molecule has 0 saturated carbocycles. The van der Waals surface area contributed by atoms with Gasteiger partial charge in [0.15, 0.2) is 0 Å². The third-order valence-corrected chi connectivity index (χ3v) is 3.23. The number of aliphatic hydroxyl groups is 1. The molecule has 2 aromatic rings. The van der Waals surface area contributed by atoms with Gasteiger partial charge in [0, 0.05) is 5.56 Å². The Labute approximate surface area is 112 Å². The molecule has 0 aliphatic heterocycles. The molecule has 0 atom stereocenters. The number of hydrogen-bond acceptors (Lipinski definition) is 2. The van der Waals surface area contributed by atoms with Crippen LogP contribution in [-0.4, -0.2) is 5.11 Å². The van der Waals surface area contributed by atoms with E-state index in [9.17, 15) is 9.50 Å². The molecule has 0 heterocycles. The van der Waals surface area contributed by atoms with Crippen LogP contribution in [-0.2, 0) is 13.2 Å². The molecule has 1 N–H and O–H groups in total. The summed E-state index contributed by atoms with van der Waals surface area (Å²) in [6.07, 6.45) is 0. The van der Waals surface area contributed by atoms with Crippen molar-refractivity contribution in [3.63, 3.8) is 0 Å². The Morgan fingerprint density at radius 1 is 1.05 bits per heavy atom. The zero-order valence-corrected chi connectivity index (χ0v) is 11.1. The Bertz CT molecular complexity index is 562. The van der Waals surface area contributed by atoms with Crippen LogP contribution in [0.3, 0.4) is 0 Å². The Morgan fingerprint density at radius 2 is 1.74 bits per heavy atom. The van der Waals surface area contributed by atoms with Crippen molar-refractivity contribution in [1.82, 2.24) is 0 Å². The van der Waals surface area contributed by atoms with Gasteiger partial charge < -0.3 is 9.84 Å². The molecule has 0 unspecified atom stereocenters. The van der Waals surface area contributed by atoms with E-state index in [4.69, 9.17) is 4.74 Å². The Morgan fingerprint density at radius 3 is 2.37 bits per heavy atom. The summed E-state index contributed by atoms with van der Waals surface area (Å²) in [5, 5.41) is 9.34. The average Bonchev–Trinajstić information content (AvgIpc) is 2.42. The molecule has 19 heavy (non-hydrogen) atoms. The highest BCUT2D eigenvalue weighted by molar-refractivity contribution is 5.45. The quantitative estimate of drug-likeness (QED) is 0.911. The highest BCUT2D eigenvalue weighted by Crippen LogP contribution is 2.27. The Hall–Kier alpha value is -1.87. The summed E-state index contributed by atoms with van der Waals surface area (Å²) in [7, 11) is 0. The van der Waals surface area contributed by atoms with Gasteiger partial charge in [0.05, 0.1) is 6.61 Å². The Kier molecular flexibility index (Phi) is 4.17. The Balaban J connectivity index is 2.19. The topological polar surface area (TPSA) is 29.5 Å². The predicted octanol–water partition coefficient (Wildman–Crippen LogP) is 3.51. The van der Waals surface area contributed by atoms with E-state index in [-0.39, 0.29) is 12.4 Å². The molecule has 0 aliphatic carbocycles. The van der Waals surface area contributed by atoms with Crippen molar-refractivity contribution >= 4 is 0 Å². The fourth-order valence-electron chi connectivity index (χ4n) is 1.91. The number of aryl methyl sites for hydroxylation is 1. The second-order valence-electron chi connectivity index (χ2n) is 4.57. The van der Waals surface area contributed by atoms with Gasteiger partial charge in [-0.05, 0) is 42.7 Å². The smallest absolute Gasteiger partial charge is 0.128 e. The summed E-state index contributed by atoms with van der Waals surface area (Å²) in [5.74, 6) is 0.457. The molecular formula is C16H17FO2. The largest absolute Gasteiger partial charge is 0.488 e. The third-order valence-electron chi connectivity index (χ3n) is 3.23. The van der Waals surface area contributed by atoms with E-state index >= 15 is 0 Å². The van der Waals surface area contributed by atoms with Crippen molar-refractivity contribution in [2.75, 3.05) is 0 Å². The summed E-state index contributed by atoms with van der Waals surface area (Å²) in [4.78, 5) is 0. The molecule has 2 nitrogen and oxygen atoms in total. The first-order chi connectivity index (χ1) is 9.11. The SMILES string of the molecule is Cc1ccc(CO)c(OCc2ccc(F)cc2)c1C. The van der Waals surface area contributed by atoms with Crippen molar-refractivity contribution in [3.05, 3.63) is 64.5 Å².